The van der Waals surface area contributed by atoms with Crippen molar-refractivity contribution in [2.75, 3.05) is 6.54 Å². The first-order valence-electron chi connectivity index (χ1n) is 9.70. The van der Waals surface area contributed by atoms with Crippen LogP contribution in [0.5, 0.6) is 0 Å². The molecule has 5 nitrogen and oxygen atoms in total. The van der Waals surface area contributed by atoms with Crippen LogP contribution in [0.25, 0.3) is 21.5 Å². The van der Waals surface area contributed by atoms with Gasteiger partial charge in [0.25, 0.3) is 11.8 Å². The molecule has 0 saturated carbocycles. The number of carbonyl (C=O) groups is 2. The third-order valence-corrected chi connectivity index (χ3v) is 5.00. The Morgan fingerprint density at radius 2 is 1.47 bits per heavy atom. The maximum absolute atomic E-state index is 12.2. The molecule has 0 heterocycles. The summed E-state index contributed by atoms with van der Waals surface area (Å²) in [6, 6.07) is 25.5. The molecule has 30 heavy (non-hydrogen) atoms. The van der Waals surface area contributed by atoms with E-state index >= 15 is 0 Å². The molecule has 0 aliphatic carbocycles. The normalized spacial score (nSPS) is 11.1. The zero-order valence-electron chi connectivity index (χ0n) is 16.6. The van der Waals surface area contributed by atoms with Crippen molar-refractivity contribution >= 4 is 39.6 Å². The Bertz CT molecular complexity index is 1220. The van der Waals surface area contributed by atoms with Crippen molar-refractivity contribution in [3.05, 3.63) is 95.6 Å². The standard InChI is InChI=1S/C25H21N3O2/c1-17-8-2-5-11-20(17)25(30)26-16-24(29)28-27-15-23-21-12-6-3-9-18(21)14-19-10-4-7-13-22(19)23/h2-15H,16H2,1H3,(H,26,30)(H,28,29)/b27-15+. The van der Waals surface area contributed by atoms with E-state index in [0.29, 0.717) is 5.56 Å². The Morgan fingerprint density at radius 1 is 0.867 bits per heavy atom. The van der Waals surface area contributed by atoms with E-state index in [-0.39, 0.29) is 12.5 Å². The number of amides is 2. The van der Waals surface area contributed by atoms with Crippen LogP contribution in [0.15, 0.2) is 84.0 Å². The first kappa shape index (κ1) is 19.3. The summed E-state index contributed by atoms with van der Waals surface area (Å²) in [6.07, 6.45) is 1.66. The van der Waals surface area contributed by atoms with Crippen LogP contribution in [0.2, 0.25) is 0 Å². The summed E-state index contributed by atoms with van der Waals surface area (Å²) >= 11 is 0. The molecule has 4 aromatic rings. The SMILES string of the molecule is Cc1ccccc1C(=O)NCC(=O)N/N=C/c1c2ccccc2cc2ccccc12. The van der Waals surface area contributed by atoms with Gasteiger partial charge in [-0.2, -0.15) is 5.10 Å². The molecule has 0 bridgehead atoms. The number of fused-ring (bicyclic) bond motifs is 2. The van der Waals surface area contributed by atoms with Crippen LogP contribution in [-0.4, -0.2) is 24.6 Å². The second kappa shape index (κ2) is 8.57. The summed E-state index contributed by atoms with van der Waals surface area (Å²) in [5.41, 5.74) is 4.85. The van der Waals surface area contributed by atoms with E-state index in [4.69, 9.17) is 0 Å². The minimum atomic E-state index is -0.391. The molecule has 148 valence electrons. The smallest absolute Gasteiger partial charge is 0.259 e. The van der Waals surface area contributed by atoms with E-state index in [0.717, 1.165) is 32.7 Å². The predicted octanol–water partition coefficient (Wildman–Crippen LogP) is 4.18. The molecule has 0 radical (unpaired) electrons. The Kier molecular flexibility index (Phi) is 5.52. The molecule has 5 heteroatoms. The lowest BCUT2D eigenvalue weighted by molar-refractivity contribution is -0.120. The van der Waals surface area contributed by atoms with Crippen LogP contribution < -0.4 is 10.7 Å². The van der Waals surface area contributed by atoms with Gasteiger partial charge in [0.15, 0.2) is 0 Å². The first-order chi connectivity index (χ1) is 14.6. The summed E-state index contributed by atoms with van der Waals surface area (Å²) in [6.45, 7) is 1.70. The number of hydrogen-bond acceptors (Lipinski definition) is 3. The molecule has 0 atom stereocenters. The van der Waals surface area contributed by atoms with Crippen LogP contribution >= 0.6 is 0 Å². The second-order valence-electron chi connectivity index (χ2n) is 7.02. The monoisotopic (exact) mass is 395 g/mol. The number of carbonyl (C=O) groups excluding carboxylic acids is 2. The Labute approximate surface area is 174 Å². The van der Waals surface area contributed by atoms with Crippen LogP contribution in [0, 0.1) is 6.92 Å². The van der Waals surface area contributed by atoms with Crippen molar-refractivity contribution in [3.63, 3.8) is 0 Å². The van der Waals surface area contributed by atoms with Gasteiger partial charge in [-0.05, 0) is 46.2 Å². The molecule has 0 aliphatic rings. The third-order valence-electron chi connectivity index (χ3n) is 5.00. The molecule has 0 spiro atoms. The lowest BCUT2D eigenvalue weighted by Crippen LogP contribution is -2.35. The molecule has 4 aromatic carbocycles. The maximum atomic E-state index is 12.2. The van der Waals surface area contributed by atoms with Gasteiger partial charge in [0.05, 0.1) is 12.8 Å². The van der Waals surface area contributed by atoms with Crippen LogP contribution in [0.3, 0.4) is 0 Å². The van der Waals surface area contributed by atoms with E-state index < -0.39 is 5.91 Å². The minimum Gasteiger partial charge on any atom is -0.343 e. The van der Waals surface area contributed by atoms with Crippen LogP contribution in [0.1, 0.15) is 21.5 Å². The van der Waals surface area contributed by atoms with Crippen molar-refractivity contribution in [2.45, 2.75) is 6.92 Å². The summed E-state index contributed by atoms with van der Waals surface area (Å²) in [5, 5.41) is 11.1. The molecule has 0 aliphatic heterocycles. The topological polar surface area (TPSA) is 70.6 Å². The van der Waals surface area contributed by atoms with E-state index in [2.05, 4.69) is 34.0 Å². The van der Waals surface area contributed by atoms with Gasteiger partial charge in [0.1, 0.15) is 0 Å². The molecule has 0 unspecified atom stereocenters. The maximum Gasteiger partial charge on any atom is 0.259 e. The summed E-state index contributed by atoms with van der Waals surface area (Å²) in [4.78, 5) is 24.4. The fraction of sp³-hybridized carbons (Fsp3) is 0.0800. The Hall–Kier alpha value is -3.99. The Balaban J connectivity index is 1.48. The van der Waals surface area contributed by atoms with Gasteiger partial charge in [-0.25, -0.2) is 5.43 Å². The van der Waals surface area contributed by atoms with Gasteiger partial charge in [-0.1, -0.05) is 66.7 Å². The first-order valence-corrected chi connectivity index (χ1v) is 9.70. The number of rotatable bonds is 5. The number of aryl methyl sites for hydroxylation is 1. The number of nitrogens with one attached hydrogen (secondary N) is 2. The number of benzene rings is 4. The molecule has 0 fully saturated rings. The third kappa shape index (κ3) is 4.05. The van der Waals surface area contributed by atoms with Crippen molar-refractivity contribution in [3.8, 4) is 0 Å². The summed E-state index contributed by atoms with van der Waals surface area (Å²) in [5.74, 6) is -0.676. The van der Waals surface area contributed by atoms with Crippen molar-refractivity contribution < 1.29 is 9.59 Å². The number of nitrogens with zero attached hydrogens (tertiary/aromatic N) is 1. The summed E-state index contributed by atoms with van der Waals surface area (Å²) < 4.78 is 0. The minimum absolute atomic E-state index is 0.152. The fourth-order valence-corrected chi connectivity index (χ4v) is 3.48. The quantitative estimate of drug-likeness (QED) is 0.302. The highest BCUT2D eigenvalue weighted by atomic mass is 16.2. The molecule has 4 rings (SSSR count). The van der Waals surface area contributed by atoms with Gasteiger partial charge in [-0.3, -0.25) is 9.59 Å². The molecule has 0 aromatic heterocycles. The average molecular weight is 395 g/mol. The van der Waals surface area contributed by atoms with Gasteiger partial charge in [0, 0.05) is 11.1 Å². The molecule has 0 saturated heterocycles. The van der Waals surface area contributed by atoms with Crippen LogP contribution in [-0.2, 0) is 4.79 Å². The zero-order valence-corrected chi connectivity index (χ0v) is 16.6. The van der Waals surface area contributed by atoms with Crippen molar-refractivity contribution in [2.24, 2.45) is 5.10 Å². The highest BCUT2D eigenvalue weighted by molar-refractivity contribution is 6.13. The van der Waals surface area contributed by atoms with Crippen molar-refractivity contribution in [1.29, 1.82) is 0 Å². The van der Waals surface area contributed by atoms with Gasteiger partial charge in [-0.15, -0.1) is 0 Å². The molecule has 2 N–H and O–H groups in total. The lowest BCUT2D eigenvalue weighted by Gasteiger charge is -2.08. The summed E-state index contributed by atoms with van der Waals surface area (Å²) in [7, 11) is 0. The highest BCUT2D eigenvalue weighted by Crippen LogP contribution is 2.27. The van der Waals surface area contributed by atoms with Crippen molar-refractivity contribution in [1.82, 2.24) is 10.7 Å². The molecular formula is C25H21N3O2. The largest absolute Gasteiger partial charge is 0.343 e. The van der Waals surface area contributed by atoms with Crippen LogP contribution in [0.4, 0.5) is 0 Å². The van der Waals surface area contributed by atoms with Gasteiger partial charge < -0.3 is 5.32 Å². The predicted molar refractivity (Wildman–Crippen MR) is 121 cm³/mol. The van der Waals surface area contributed by atoms with Gasteiger partial charge in [0.2, 0.25) is 0 Å². The van der Waals surface area contributed by atoms with E-state index in [1.54, 1.807) is 18.3 Å². The average Bonchev–Trinajstić information content (AvgIpc) is 2.77. The lowest BCUT2D eigenvalue weighted by atomic mass is 9.97. The molecule has 2 amide bonds. The van der Waals surface area contributed by atoms with E-state index in [1.807, 2.05) is 55.5 Å². The number of hydrogen-bond donors (Lipinski definition) is 2. The number of hydrazone groups is 1. The molecular weight excluding hydrogens is 374 g/mol. The zero-order chi connectivity index (χ0) is 20.9. The van der Waals surface area contributed by atoms with E-state index in [1.165, 1.54) is 0 Å². The van der Waals surface area contributed by atoms with E-state index in [9.17, 15) is 9.59 Å². The second-order valence-corrected chi connectivity index (χ2v) is 7.02. The highest BCUT2D eigenvalue weighted by Gasteiger charge is 2.10. The fourth-order valence-electron chi connectivity index (χ4n) is 3.48. The van der Waals surface area contributed by atoms with Gasteiger partial charge >= 0.3 is 0 Å². The Morgan fingerprint density at radius 3 is 2.13 bits per heavy atom.